The molecule has 2 nitrogen and oxygen atoms in total. The summed E-state index contributed by atoms with van der Waals surface area (Å²) in [5.41, 5.74) is 2.34. The topological polar surface area (TPSA) is 32.3 Å². The van der Waals surface area contributed by atoms with Crippen LogP contribution in [-0.4, -0.2) is 17.3 Å². The van der Waals surface area contributed by atoms with E-state index < -0.39 is 0 Å². The highest BCUT2D eigenvalue weighted by Crippen LogP contribution is 2.26. The molecule has 2 atom stereocenters. The van der Waals surface area contributed by atoms with Crippen LogP contribution in [-0.2, 0) is 0 Å². The van der Waals surface area contributed by atoms with Crippen LogP contribution in [0.25, 0.3) is 0 Å². The molecule has 3 heteroatoms. The van der Waals surface area contributed by atoms with Crippen molar-refractivity contribution in [2.24, 2.45) is 0 Å². The number of aliphatic hydroxyl groups excluding tert-OH is 1. The minimum absolute atomic E-state index is 0.191. The van der Waals surface area contributed by atoms with Gasteiger partial charge >= 0.3 is 0 Å². The number of halogens is 1. The molecule has 15 heavy (non-hydrogen) atoms. The van der Waals surface area contributed by atoms with Crippen LogP contribution in [0.2, 0.25) is 0 Å². The molecule has 0 bridgehead atoms. The first kappa shape index (κ1) is 11.0. The van der Waals surface area contributed by atoms with Crippen LogP contribution in [0.15, 0.2) is 22.7 Å². The van der Waals surface area contributed by atoms with E-state index in [4.69, 9.17) is 0 Å². The van der Waals surface area contributed by atoms with Gasteiger partial charge < -0.3 is 10.4 Å². The SMILES string of the molecule is Cc1ccc(Br)cc1N[C@@H]1CCC[C@H]1O. The Kier molecular flexibility index (Phi) is 3.32. The predicted molar refractivity (Wildman–Crippen MR) is 66.1 cm³/mol. The molecule has 0 heterocycles. The van der Waals surface area contributed by atoms with Gasteiger partial charge in [0.2, 0.25) is 0 Å². The van der Waals surface area contributed by atoms with E-state index in [1.54, 1.807) is 0 Å². The Morgan fingerprint density at radius 1 is 1.40 bits per heavy atom. The third-order valence-corrected chi connectivity index (χ3v) is 3.51. The second-order valence-corrected chi connectivity index (χ2v) is 5.12. The lowest BCUT2D eigenvalue weighted by atomic mass is 10.1. The van der Waals surface area contributed by atoms with E-state index in [0.717, 1.165) is 29.4 Å². The van der Waals surface area contributed by atoms with Crippen LogP contribution in [0.1, 0.15) is 24.8 Å². The van der Waals surface area contributed by atoms with Gasteiger partial charge in [0, 0.05) is 10.2 Å². The zero-order chi connectivity index (χ0) is 10.8. The number of rotatable bonds is 2. The first-order chi connectivity index (χ1) is 7.16. The summed E-state index contributed by atoms with van der Waals surface area (Å²) >= 11 is 3.46. The van der Waals surface area contributed by atoms with Crippen molar-refractivity contribution in [3.8, 4) is 0 Å². The standard InChI is InChI=1S/C12H16BrNO/c1-8-5-6-9(13)7-11(8)14-10-3-2-4-12(10)15/h5-7,10,12,14-15H,2-4H2,1H3/t10-,12-/m1/s1. The van der Waals surface area contributed by atoms with E-state index in [2.05, 4.69) is 40.3 Å². The molecule has 1 aromatic carbocycles. The summed E-state index contributed by atoms with van der Waals surface area (Å²) in [5, 5.41) is 13.2. The van der Waals surface area contributed by atoms with Gasteiger partial charge in [0.05, 0.1) is 12.1 Å². The number of benzene rings is 1. The maximum Gasteiger partial charge on any atom is 0.0741 e. The molecule has 0 unspecified atom stereocenters. The largest absolute Gasteiger partial charge is 0.391 e. The number of anilines is 1. The average Bonchev–Trinajstić information content (AvgIpc) is 2.58. The Labute approximate surface area is 98.8 Å². The van der Waals surface area contributed by atoms with Crippen molar-refractivity contribution in [2.75, 3.05) is 5.32 Å². The molecule has 2 rings (SSSR count). The highest BCUT2D eigenvalue weighted by Gasteiger charge is 2.25. The van der Waals surface area contributed by atoms with Crippen LogP contribution in [0.5, 0.6) is 0 Å². The molecule has 2 N–H and O–H groups in total. The van der Waals surface area contributed by atoms with Crippen molar-refractivity contribution in [1.82, 2.24) is 0 Å². The first-order valence-corrected chi connectivity index (χ1v) is 6.17. The zero-order valence-electron chi connectivity index (χ0n) is 8.83. The Hall–Kier alpha value is -0.540. The van der Waals surface area contributed by atoms with E-state index in [-0.39, 0.29) is 12.1 Å². The molecule has 0 amide bonds. The van der Waals surface area contributed by atoms with Crippen LogP contribution in [0.4, 0.5) is 5.69 Å². The maximum atomic E-state index is 9.74. The Morgan fingerprint density at radius 3 is 2.87 bits per heavy atom. The van der Waals surface area contributed by atoms with Gasteiger partial charge in [0.25, 0.3) is 0 Å². The molecular formula is C12H16BrNO. The van der Waals surface area contributed by atoms with Crippen LogP contribution in [0.3, 0.4) is 0 Å². The van der Waals surface area contributed by atoms with E-state index in [1.165, 1.54) is 5.56 Å². The Bertz CT molecular complexity index is 353. The summed E-state index contributed by atoms with van der Waals surface area (Å²) in [7, 11) is 0. The normalized spacial score (nSPS) is 25.5. The van der Waals surface area contributed by atoms with Gasteiger partial charge in [0.1, 0.15) is 0 Å². The number of hydrogen-bond acceptors (Lipinski definition) is 2. The number of nitrogens with one attached hydrogen (secondary N) is 1. The molecule has 0 aliphatic heterocycles. The summed E-state index contributed by atoms with van der Waals surface area (Å²) in [6.45, 7) is 2.08. The molecule has 1 aromatic rings. The van der Waals surface area contributed by atoms with Gasteiger partial charge in [-0.05, 0) is 43.9 Å². The summed E-state index contributed by atoms with van der Waals surface area (Å²) < 4.78 is 1.07. The molecular weight excluding hydrogens is 254 g/mol. The quantitative estimate of drug-likeness (QED) is 0.865. The van der Waals surface area contributed by atoms with Crippen LogP contribution >= 0.6 is 15.9 Å². The van der Waals surface area contributed by atoms with Crippen molar-refractivity contribution in [1.29, 1.82) is 0 Å². The van der Waals surface area contributed by atoms with Crippen molar-refractivity contribution in [3.05, 3.63) is 28.2 Å². The van der Waals surface area contributed by atoms with Crippen molar-refractivity contribution >= 4 is 21.6 Å². The molecule has 82 valence electrons. The first-order valence-electron chi connectivity index (χ1n) is 5.37. The Morgan fingerprint density at radius 2 is 2.20 bits per heavy atom. The molecule has 1 saturated carbocycles. The third-order valence-electron chi connectivity index (χ3n) is 3.02. The van der Waals surface area contributed by atoms with Gasteiger partial charge in [-0.2, -0.15) is 0 Å². The molecule has 0 radical (unpaired) electrons. The highest BCUT2D eigenvalue weighted by atomic mass is 79.9. The molecule has 1 aliphatic carbocycles. The molecule has 1 fully saturated rings. The molecule has 0 saturated heterocycles. The molecule has 0 spiro atoms. The smallest absolute Gasteiger partial charge is 0.0741 e. The zero-order valence-corrected chi connectivity index (χ0v) is 10.4. The van der Waals surface area contributed by atoms with Gasteiger partial charge in [0.15, 0.2) is 0 Å². The van der Waals surface area contributed by atoms with Crippen molar-refractivity contribution in [3.63, 3.8) is 0 Å². The predicted octanol–water partition coefficient (Wildman–Crippen LogP) is 3.08. The minimum Gasteiger partial charge on any atom is -0.391 e. The average molecular weight is 270 g/mol. The number of aliphatic hydroxyl groups is 1. The lowest BCUT2D eigenvalue weighted by Gasteiger charge is -2.19. The molecule has 1 aliphatic rings. The van der Waals surface area contributed by atoms with Gasteiger partial charge in [-0.3, -0.25) is 0 Å². The monoisotopic (exact) mass is 269 g/mol. The lowest BCUT2D eigenvalue weighted by Crippen LogP contribution is -2.28. The lowest BCUT2D eigenvalue weighted by molar-refractivity contribution is 0.172. The van der Waals surface area contributed by atoms with E-state index in [0.29, 0.717) is 0 Å². The Balaban J connectivity index is 2.12. The van der Waals surface area contributed by atoms with Crippen molar-refractivity contribution in [2.45, 2.75) is 38.3 Å². The summed E-state index contributed by atoms with van der Waals surface area (Å²) in [4.78, 5) is 0. The summed E-state index contributed by atoms with van der Waals surface area (Å²) in [5.74, 6) is 0. The van der Waals surface area contributed by atoms with Gasteiger partial charge in [-0.25, -0.2) is 0 Å². The number of aryl methyl sites for hydroxylation is 1. The minimum atomic E-state index is -0.191. The van der Waals surface area contributed by atoms with Gasteiger partial charge in [-0.1, -0.05) is 22.0 Å². The van der Waals surface area contributed by atoms with Gasteiger partial charge in [-0.15, -0.1) is 0 Å². The number of hydrogen-bond donors (Lipinski definition) is 2. The molecule has 0 aromatic heterocycles. The maximum absolute atomic E-state index is 9.74. The fraction of sp³-hybridized carbons (Fsp3) is 0.500. The second kappa shape index (κ2) is 4.54. The van der Waals surface area contributed by atoms with Crippen LogP contribution < -0.4 is 5.32 Å². The third kappa shape index (κ3) is 2.52. The van der Waals surface area contributed by atoms with E-state index >= 15 is 0 Å². The second-order valence-electron chi connectivity index (χ2n) is 4.21. The van der Waals surface area contributed by atoms with Crippen LogP contribution in [0, 0.1) is 6.92 Å². The van der Waals surface area contributed by atoms with E-state index in [9.17, 15) is 5.11 Å². The fourth-order valence-electron chi connectivity index (χ4n) is 2.06. The summed E-state index contributed by atoms with van der Waals surface area (Å²) in [6, 6.07) is 6.40. The fourth-order valence-corrected chi connectivity index (χ4v) is 2.42. The summed E-state index contributed by atoms with van der Waals surface area (Å²) in [6.07, 6.45) is 2.91. The highest BCUT2D eigenvalue weighted by molar-refractivity contribution is 9.10. The van der Waals surface area contributed by atoms with Crippen molar-refractivity contribution < 1.29 is 5.11 Å². The van der Waals surface area contributed by atoms with E-state index in [1.807, 2.05) is 6.07 Å².